The largest absolute Gasteiger partial charge is 0.475 e. The van der Waals surface area contributed by atoms with Gasteiger partial charge in [0.2, 0.25) is 5.90 Å². The average molecular weight is 643 g/mol. The van der Waals surface area contributed by atoms with E-state index in [0.29, 0.717) is 28.5 Å². The van der Waals surface area contributed by atoms with Gasteiger partial charge in [-0.2, -0.15) is 10.5 Å². The number of benzene rings is 2. The van der Waals surface area contributed by atoms with Gasteiger partial charge in [-0.15, -0.1) is 0 Å². The predicted molar refractivity (Wildman–Crippen MR) is 173 cm³/mol. The first-order chi connectivity index (χ1) is 22.2. The minimum atomic E-state index is -1.10. The van der Waals surface area contributed by atoms with Crippen LogP contribution in [0.25, 0.3) is 16.3 Å². The normalized spacial score (nSPS) is 24.9. The van der Waals surface area contributed by atoms with Gasteiger partial charge in [-0.05, 0) is 55.6 Å². The molecule has 0 spiro atoms. The second kappa shape index (κ2) is 13.1. The molecule has 3 heterocycles. The van der Waals surface area contributed by atoms with E-state index in [-0.39, 0.29) is 43.6 Å². The van der Waals surface area contributed by atoms with Crippen molar-refractivity contribution in [1.82, 2.24) is 14.7 Å². The molecule has 0 saturated carbocycles. The van der Waals surface area contributed by atoms with E-state index >= 15 is 4.39 Å². The molecular weight excluding hydrogens is 610 g/mol. The molecule has 4 aliphatic rings. The monoisotopic (exact) mass is 642 g/mol. The Kier molecular flexibility index (Phi) is 8.95. The van der Waals surface area contributed by atoms with E-state index in [0.717, 1.165) is 30.2 Å². The zero-order valence-corrected chi connectivity index (χ0v) is 26.2. The Bertz CT molecular complexity index is 1800. The fourth-order valence-corrected chi connectivity index (χ4v) is 7.28. The lowest BCUT2D eigenvalue weighted by atomic mass is 9.81. The number of hydrogen-bond acceptors (Lipinski definition) is 7. The van der Waals surface area contributed by atoms with Crippen molar-refractivity contribution in [3.05, 3.63) is 88.6 Å². The molecule has 2 aromatic carbocycles. The number of nitriles is 2. The Hall–Kier alpha value is -4.51. The molecule has 4 atom stereocenters. The molecule has 46 heavy (non-hydrogen) atoms. The van der Waals surface area contributed by atoms with E-state index < -0.39 is 35.6 Å². The number of amides is 1. The number of rotatable bonds is 6. The molecule has 2 fully saturated rings. The van der Waals surface area contributed by atoms with Crippen LogP contribution in [0.2, 0.25) is 5.02 Å². The lowest BCUT2D eigenvalue weighted by Gasteiger charge is -2.45. The third-order valence-corrected chi connectivity index (χ3v) is 9.64. The molecule has 0 radical (unpaired) electrons. The Balaban J connectivity index is 1.42. The molecule has 2 aromatic rings. The van der Waals surface area contributed by atoms with Crippen LogP contribution in [-0.4, -0.2) is 84.5 Å². The van der Waals surface area contributed by atoms with E-state index in [1.165, 1.54) is 11.0 Å². The number of allylic oxidation sites excluding steroid dienone is 2. The number of fused-ring (bicyclic) bond motifs is 2. The molecule has 1 aliphatic carbocycles. The van der Waals surface area contributed by atoms with Crippen molar-refractivity contribution in [2.45, 2.75) is 37.4 Å². The summed E-state index contributed by atoms with van der Waals surface area (Å²) in [7, 11) is 2.04. The van der Waals surface area contributed by atoms with Crippen molar-refractivity contribution >= 4 is 39.8 Å². The van der Waals surface area contributed by atoms with Crippen LogP contribution in [0.1, 0.15) is 24.8 Å². The Morgan fingerprint density at radius 3 is 2.63 bits per heavy atom. The van der Waals surface area contributed by atoms with Gasteiger partial charge in [-0.25, -0.2) is 13.8 Å². The molecule has 6 rings (SSSR count). The molecular formula is C35H33ClF2N6O2. The molecule has 11 heteroatoms. The zero-order valence-electron chi connectivity index (χ0n) is 25.4. The predicted octanol–water partition coefficient (Wildman–Crippen LogP) is 5.94. The van der Waals surface area contributed by atoms with Gasteiger partial charge in [0.25, 0.3) is 5.91 Å². The summed E-state index contributed by atoms with van der Waals surface area (Å²) in [5.41, 5.74) is 1.66. The summed E-state index contributed by atoms with van der Waals surface area (Å²) in [5.74, 6) is -2.94. The van der Waals surface area contributed by atoms with Crippen LogP contribution >= 0.6 is 11.6 Å². The Morgan fingerprint density at radius 2 is 1.93 bits per heavy atom. The summed E-state index contributed by atoms with van der Waals surface area (Å²) in [4.78, 5) is 22.9. The average Bonchev–Trinajstić information content (AvgIpc) is 3.46. The molecule has 2 unspecified atom stereocenters. The number of likely N-dealkylation sites (N-methyl/N-ethyl adjacent to an activating group) is 1. The van der Waals surface area contributed by atoms with Gasteiger partial charge >= 0.3 is 0 Å². The van der Waals surface area contributed by atoms with Crippen LogP contribution in [0.4, 0.5) is 8.78 Å². The number of carbonyl (C=O) groups is 1. The first kappa shape index (κ1) is 31.5. The Labute approximate surface area is 271 Å². The second-order valence-electron chi connectivity index (χ2n) is 12.0. The van der Waals surface area contributed by atoms with Gasteiger partial charge in [-0.3, -0.25) is 4.79 Å². The molecule has 1 amide bonds. The summed E-state index contributed by atoms with van der Waals surface area (Å²) < 4.78 is 36.4. The quantitative estimate of drug-likeness (QED) is 0.362. The fourth-order valence-electron chi connectivity index (χ4n) is 7.00. The summed E-state index contributed by atoms with van der Waals surface area (Å²) in [6.45, 7) is 4.89. The number of nitrogens with zero attached hydrogens (tertiary/aromatic N) is 6. The Morgan fingerprint density at radius 1 is 1.15 bits per heavy atom. The molecule has 236 valence electrons. The highest BCUT2D eigenvalue weighted by Gasteiger charge is 2.42. The second-order valence-corrected chi connectivity index (χ2v) is 12.4. The van der Waals surface area contributed by atoms with Crippen molar-refractivity contribution in [3.8, 4) is 12.1 Å². The summed E-state index contributed by atoms with van der Waals surface area (Å²) in [6, 6.07) is 14.4. The maximum Gasteiger partial charge on any atom is 0.282 e. The van der Waals surface area contributed by atoms with E-state index in [1.54, 1.807) is 12.1 Å². The van der Waals surface area contributed by atoms with Crippen molar-refractivity contribution < 1.29 is 18.3 Å². The standard InChI is InChI=1S/C35H33ClF2N6O2/c1-21(37)35(45)44-15-14-43(19-23(44)11-12-39)33-27-16-30(38)26(25-9-3-6-22-7-4-10-29(36)32(22)25)17-31(27)41-34(28(33)18-40)46-20-24-8-5-13-42(24)2/h3-4,6-7,9-10,16-17,23-24,27,31H,1,5,8,11,13-15,19-20H2,2H3/t23-,24-,27?,31?/m0/s1. The molecule has 8 nitrogen and oxygen atoms in total. The van der Waals surface area contributed by atoms with Crippen molar-refractivity contribution in [2.75, 3.05) is 39.8 Å². The maximum absolute atomic E-state index is 16.3. The lowest BCUT2D eigenvalue weighted by Crippen LogP contribution is -2.56. The number of dihydropyridines is 1. The maximum atomic E-state index is 16.3. The highest BCUT2D eigenvalue weighted by Crippen LogP contribution is 2.43. The van der Waals surface area contributed by atoms with E-state index in [9.17, 15) is 19.7 Å². The first-order valence-electron chi connectivity index (χ1n) is 15.3. The van der Waals surface area contributed by atoms with E-state index in [2.05, 4.69) is 23.6 Å². The van der Waals surface area contributed by atoms with Crippen molar-refractivity contribution in [3.63, 3.8) is 0 Å². The number of ether oxygens (including phenoxy) is 1. The highest BCUT2D eigenvalue weighted by molar-refractivity contribution is 6.36. The van der Waals surface area contributed by atoms with Crippen LogP contribution < -0.4 is 0 Å². The number of aliphatic imine (C=N–C) groups is 1. The summed E-state index contributed by atoms with van der Waals surface area (Å²) in [5, 5.41) is 22.1. The van der Waals surface area contributed by atoms with Gasteiger partial charge in [0.15, 0.2) is 5.83 Å². The van der Waals surface area contributed by atoms with Gasteiger partial charge in [0.1, 0.15) is 24.1 Å². The molecule has 3 aliphatic heterocycles. The van der Waals surface area contributed by atoms with Crippen LogP contribution in [0.15, 0.2) is 83.0 Å². The van der Waals surface area contributed by atoms with E-state index in [1.807, 2.05) is 42.3 Å². The molecule has 0 N–H and O–H groups in total. The van der Waals surface area contributed by atoms with Crippen LogP contribution in [0.5, 0.6) is 0 Å². The SMILES string of the molecule is C=C(F)C(=O)N1CCN(C2=C(C#N)C(OC[C@@H]3CCCN3C)=NC3C=C(c4cccc5cccc(Cl)c45)C(F)=CC23)C[C@@H]1CC#N. The number of piperazine rings is 1. The van der Waals surface area contributed by atoms with Crippen LogP contribution in [0.3, 0.4) is 0 Å². The van der Waals surface area contributed by atoms with Gasteiger partial charge < -0.3 is 19.4 Å². The van der Waals surface area contributed by atoms with Gasteiger partial charge in [0, 0.05) is 53.3 Å². The molecule has 0 bridgehead atoms. The lowest BCUT2D eigenvalue weighted by molar-refractivity contribution is -0.133. The minimum absolute atomic E-state index is 0.0552. The number of likely N-dealkylation sites (tertiary alicyclic amines) is 1. The zero-order chi connectivity index (χ0) is 32.5. The topological polar surface area (TPSA) is 96.0 Å². The van der Waals surface area contributed by atoms with Crippen molar-refractivity contribution in [1.29, 1.82) is 10.5 Å². The minimum Gasteiger partial charge on any atom is -0.475 e. The smallest absolute Gasteiger partial charge is 0.282 e. The number of halogens is 3. The first-order valence-corrected chi connectivity index (χ1v) is 15.7. The number of carbonyl (C=O) groups excluding carboxylic acids is 1. The number of hydrogen-bond donors (Lipinski definition) is 0. The van der Waals surface area contributed by atoms with Crippen molar-refractivity contribution in [2.24, 2.45) is 10.9 Å². The molecule has 0 aromatic heterocycles. The van der Waals surface area contributed by atoms with Crippen LogP contribution in [0, 0.1) is 28.6 Å². The third kappa shape index (κ3) is 5.79. The van der Waals surface area contributed by atoms with Gasteiger partial charge in [0.05, 0.1) is 24.6 Å². The molecule has 2 saturated heterocycles. The van der Waals surface area contributed by atoms with E-state index in [4.69, 9.17) is 21.3 Å². The fraction of sp³-hybridized carbons (Fsp3) is 0.371. The third-order valence-electron chi connectivity index (χ3n) is 9.32. The van der Waals surface area contributed by atoms with Crippen LogP contribution in [-0.2, 0) is 9.53 Å². The summed E-state index contributed by atoms with van der Waals surface area (Å²) in [6.07, 6.45) is 5.19. The highest BCUT2D eigenvalue weighted by atomic mass is 35.5. The van der Waals surface area contributed by atoms with Gasteiger partial charge in [-0.1, -0.05) is 48.5 Å². The summed E-state index contributed by atoms with van der Waals surface area (Å²) >= 11 is 6.61.